The Kier molecular flexibility index (Phi) is 6.08. The van der Waals surface area contributed by atoms with Gasteiger partial charge in [-0.2, -0.15) is 0 Å². The van der Waals surface area contributed by atoms with Crippen molar-refractivity contribution in [3.63, 3.8) is 0 Å². The molecule has 1 saturated heterocycles. The van der Waals surface area contributed by atoms with Crippen LogP contribution in [-0.2, 0) is 14.3 Å². The number of rotatable bonds is 7. The number of ketones is 1. The van der Waals surface area contributed by atoms with Crippen molar-refractivity contribution in [2.24, 2.45) is 0 Å². The quantitative estimate of drug-likeness (QED) is 0.398. The summed E-state index contributed by atoms with van der Waals surface area (Å²) in [4.78, 5) is 49.2. The van der Waals surface area contributed by atoms with E-state index in [0.29, 0.717) is 12.0 Å². The van der Waals surface area contributed by atoms with Crippen LogP contribution in [0.1, 0.15) is 23.2 Å². The van der Waals surface area contributed by atoms with Crippen molar-refractivity contribution in [1.82, 2.24) is 9.80 Å². The highest BCUT2D eigenvalue weighted by atomic mass is 79.9. The normalized spacial score (nSPS) is 14.2. The number of benzene rings is 1. The summed E-state index contributed by atoms with van der Waals surface area (Å²) in [5.41, 5.74) is 0.460. The summed E-state index contributed by atoms with van der Waals surface area (Å²) in [6, 6.07) is 6.38. The lowest BCUT2D eigenvalue weighted by molar-refractivity contribution is -0.142. The van der Waals surface area contributed by atoms with Crippen molar-refractivity contribution in [1.29, 1.82) is 0 Å². The van der Waals surface area contributed by atoms with Gasteiger partial charge >= 0.3 is 12.0 Å². The highest BCUT2D eigenvalue weighted by molar-refractivity contribution is 9.10. The zero-order valence-corrected chi connectivity index (χ0v) is 14.7. The second-order valence-corrected chi connectivity index (χ2v) is 6.29. The fraction of sp³-hybridized carbons (Fsp3) is 0.375. The third-order valence-corrected chi connectivity index (χ3v) is 4.05. The molecule has 1 aliphatic rings. The van der Waals surface area contributed by atoms with Crippen molar-refractivity contribution in [2.75, 3.05) is 26.7 Å². The van der Waals surface area contributed by atoms with E-state index in [0.717, 1.165) is 9.37 Å². The molecule has 1 fully saturated rings. The van der Waals surface area contributed by atoms with Crippen LogP contribution in [0, 0.1) is 0 Å². The summed E-state index contributed by atoms with van der Waals surface area (Å²) in [6.07, 6.45) is 0.338. The molecule has 0 unspecified atom stereocenters. The van der Waals surface area contributed by atoms with Crippen molar-refractivity contribution in [3.05, 3.63) is 34.3 Å². The second-order valence-electron chi connectivity index (χ2n) is 5.38. The Morgan fingerprint density at radius 3 is 2.46 bits per heavy atom. The Morgan fingerprint density at radius 1 is 1.21 bits per heavy atom. The third kappa shape index (κ3) is 4.64. The monoisotopic (exact) mass is 396 g/mol. The predicted octanol–water partition coefficient (Wildman–Crippen LogP) is 1.85. The molecule has 0 atom stereocenters. The Morgan fingerprint density at radius 2 is 1.88 bits per heavy atom. The standard InChI is InChI=1S/C16H17BrN2O5/c1-18-9-14(21)19(16(18)23)8-2-3-15(22)24-10-13(20)11-4-6-12(17)7-5-11/h4-7H,2-3,8-10H2,1H3. The number of carbonyl (C=O) groups is 4. The van der Waals surface area contributed by atoms with E-state index >= 15 is 0 Å². The minimum atomic E-state index is -0.534. The van der Waals surface area contributed by atoms with E-state index in [-0.39, 0.29) is 43.8 Å². The smallest absolute Gasteiger partial charge is 0.326 e. The lowest BCUT2D eigenvalue weighted by atomic mass is 10.1. The summed E-state index contributed by atoms with van der Waals surface area (Å²) in [6.45, 7) is -0.104. The molecule has 0 aromatic heterocycles. The second kappa shape index (κ2) is 8.05. The highest BCUT2D eigenvalue weighted by Gasteiger charge is 2.32. The summed E-state index contributed by atoms with van der Waals surface area (Å²) < 4.78 is 5.78. The first-order valence-electron chi connectivity index (χ1n) is 7.38. The minimum Gasteiger partial charge on any atom is -0.457 e. The molecular weight excluding hydrogens is 380 g/mol. The molecule has 128 valence electrons. The number of hydrogen-bond acceptors (Lipinski definition) is 5. The summed E-state index contributed by atoms with van der Waals surface area (Å²) in [5, 5.41) is 0. The van der Waals surface area contributed by atoms with E-state index in [9.17, 15) is 19.2 Å². The zero-order valence-electron chi connectivity index (χ0n) is 13.2. The van der Waals surface area contributed by atoms with Crippen molar-refractivity contribution >= 4 is 39.6 Å². The number of nitrogens with zero attached hydrogens (tertiary/aromatic N) is 2. The fourth-order valence-electron chi connectivity index (χ4n) is 2.21. The van der Waals surface area contributed by atoms with Crippen LogP contribution < -0.4 is 0 Å². The van der Waals surface area contributed by atoms with E-state index in [1.54, 1.807) is 31.3 Å². The first kappa shape index (κ1) is 18.1. The average Bonchev–Trinajstić information content (AvgIpc) is 2.79. The number of ether oxygens (including phenoxy) is 1. The minimum absolute atomic E-state index is 0.0361. The van der Waals surface area contributed by atoms with Crippen LogP contribution in [0.2, 0.25) is 0 Å². The summed E-state index contributed by atoms with van der Waals surface area (Å²) in [5.74, 6) is -1.10. The third-order valence-electron chi connectivity index (χ3n) is 3.52. The maximum atomic E-state index is 11.9. The molecule has 1 aromatic carbocycles. The van der Waals surface area contributed by atoms with Gasteiger partial charge in [-0.3, -0.25) is 19.3 Å². The van der Waals surface area contributed by atoms with Gasteiger partial charge in [-0.25, -0.2) is 4.79 Å². The molecule has 0 N–H and O–H groups in total. The molecule has 24 heavy (non-hydrogen) atoms. The molecule has 1 aromatic rings. The molecule has 3 amide bonds. The van der Waals surface area contributed by atoms with E-state index in [1.165, 1.54) is 4.90 Å². The van der Waals surface area contributed by atoms with Gasteiger partial charge < -0.3 is 9.64 Å². The number of Topliss-reactive ketones (excluding diaryl/α,β-unsaturated/α-hetero) is 1. The first-order valence-corrected chi connectivity index (χ1v) is 8.17. The van der Waals surface area contributed by atoms with Crippen LogP contribution in [0.5, 0.6) is 0 Å². The van der Waals surface area contributed by atoms with Crippen molar-refractivity contribution in [2.45, 2.75) is 12.8 Å². The molecule has 8 heteroatoms. The van der Waals surface area contributed by atoms with Gasteiger partial charge in [-0.15, -0.1) is 0 Å². The number of likely N-dealkylation sites (N-methyl/N-ethyl adjacent to an activating group) is 1. The molecule has 7 nitrogen and oxygen atoms in total. The van der Waals surface area contributed by atoms with Crippen LogP contribution in [0.25, 0.3) is 0 Å². The van der Waals surface area contributed by atoms with Crippen LogP contribution >= 0.6 is 15.9 Å². The molecule has 0 bridgehead atoms. The molecule has 2 rings (SSSR count). The molecule has 0 saturated carbocycles. The van der Waals surface area contributed by atoms with Crippen LogP contribution in [0.4, 0.5) is 4.79 Å². The van der Waals surface area contributed by atoms with Gasteiger partial charge in [0.05, 0.1) is 0 Å². The van der Waals surface area contributed by atoms with Gasteiger partial charge in [0.1, 0.15) is 6.54 Å². The Hall–Kier alpha value is -2.22. The number of hydrogen-bond donors (Lipinski definition) is 0. The van der Waals surface area contributed by atoms with Gasteiger partial charge in [-0.1, -0.05) is 28.1 Å². The number of imide groups is 1. The number of esters is 1. The van der Waals surface area contributed by atoms with E-state index < -0.39 is 5.97 Å². The summed E-state index contributed by atoms with van der Waals surface area (Å²) in [7, 11) is 1.54. The van der Waals surface area contributed by atoms with Crippen LogP contribution in [0.3, 0.4) is 0 Å². The number of urea groups is 1. The molecule has 1 heterocycles. The maximum absolute atomic E-state index is 11.9. The average molecular weight is 397 g/mol. The Labute approximate surface area is 147 Å². The Bertz CT molecular complexity index is 659. The van der Waals surface area contributed by atoms with Crippen molar-refractivity contribution < 1.29 is 23.9 Å². The molecule has 1 aliphatic heterocycles. The molecule has 0 spiro atoms. The van der Waals surface area contributed by atoms with Gasteiger partial charge in [0.25, 0.3) is 0 Å². The molecule has 0 aliphatic carbocycles. The first-order chi connectivity index (χ1) is 11.4. The SMILES string of the molecule is CN1CC(=O)N(CCCC(=O)OCC(=O)c2ccc(Br)cc2)C1=O. The maximum Gasteiger partial charge on any atom is 0.326 e. The topological polar surface area (TPSA) is 84.0 Å². The van der Waals surface area contributed by atoms with E-state index in [4.69, 9.17) is 4.74 Å². The summed E-state index contributed by atoms with van der Waals surface area (Å²) >= 11 is 3.27. The fourth-order valence-corrected chi connectivity index (χ4v) is 2.47. The van der Waals surface area contributed by atoms with Gasteiger partial charge in [0, 0.05) is 30.0 Å². The number of amides is 3. The van der Waals surface area contributed by atoms with Gasteiger partial charge in [0.2, 0.25) is 5.91 Å². The molecule has 0 radical (unpaired) electrons. The zero-order chi connectivity index (χ0) is 17.7. The van der Waals surface area contributed by atoms with Gasteiger partial charge in [0.15, 0.2) is 12.4 Å². The van der Waals surface area contributed by atoms with E-state index in [2.05, 4.69) is 15.9 Å². The van der Waals surface area contributed by atoms with Crippen LogP contribution in [-0.4, -0.2) is 60.2 Å². The highest BCUT2D eigenvalue weighted by Crippen LogP contribution is 2.12. The van der Waals surface area contributed by atoms with Crippen molar-refractivity contribution in [3.8, 4) is 0 Å². The Balaban J connectivity index is 1.70. The molecular formula is C16H17BrN2O5. The van der Waals surface area contributed by atoms with Crippen LogP contribution in [0.15, 0.2) is 28.7 Å². The van der Waals surface area contributed by atoms with Gasteiger partial charge in [-0.05, 0) is 18.6 Å². The largest absolute Gasteiger partial charge is 0.457 e. The lowest BCUT2D eigenvalue weighted by Crippen LogP contribution is -2.32. The van der Waals surface area contributed by atoms with E-state index in [1.807, 2.05) is 0 Å². The number of carbonyl (C=O) groups excluding carboxylic acids is 4. The lowest BCUT2D eigenvalue weighted by Gasteiger charge is -2.13. The predicted molar refractivity (Wildman–Crippen MR) is 88.4 cm³/mol. The number of halogens is 1.